The average molecular weight is 237 g/mol. The summed E-state index contributed by atoms with van der Waals surface area (Å²) in [6.45, 7) is 7.16. The monoisotopic (exact) mass is 237 g/mol. The highest BCUT2D eigenvalue weighted by Crippen LogP contribution is 2.45. The summed E-state index contributed by atoms with van der Waals surface area (Å²) in [5.74, 6) is 1.54. The highest BCUT2D eigenvalue weighted by molar-refractivity contribution is 6.06. The van der Waals surface area contributed by atoms with E-state index in [0.717, 1.165) is 19.3 Å². The highest BCUT2D eigenvalue weighted by Gasteiger charge is 2.54. The van der Waals surface area contributed by atoms with Crippen LogP contribution in [0.25, 0.3) is 0 Å². The van der Waals surface area contributed by atoms with Gasteiger partial charge in [0.25, 0.3) is 0 Å². The molecule has 2 atom stereocenters. The number of amides is 2. The van der Waals surface area contributed by atoms with Gasteiger partial charge >= 0.3 is 6.03 Å². The van der Waals surface area contributed by atoms with Crippen molar-refractivity contribution < 1.29 is 4.79 Å². The molecule has 2 amide bonds. The van der Waals surface area contributed by atoms with Crippen LogP contribution in [0.3, 0.4) is 0 Å². The number of urea groups is 1. The fourth-order valence-electron chi connectivity index (χ4n) is 3.71. The molecular weight excluding hydrogens is 214 g/mol. The number of aliphatic imine (C=N–C) groups is 1. The summed E-state index contributed by atoms with van der Waals surface area (Å²) in [4.78, 5) is 17.8. The standard InChI is InChI=1S/C13H23N3O/c1-4-16-12(17)15-11(14)13(16)8-6-5-7-10(13)9(2)3/h9-10H,4-8H2,1-3H3,(H2,14,15,17). The molecule has 0 aromatic carbocycles. The van der Waals surface area contributed by atoms with Gasteiger partial charge < -0.3 is 10.6 Å². The Morgan fingerprint density at radius 1 is 1.53 bits per heavy atom. The smallest absolute Gasteiger partial charge is 0.346 e. The van der Waals surface area contributed by atoms with Crippen LogP contribution >= 0.6 is 0 Å². The van der Waals surface area contributed by atoms with Gasteiger partial charge in [-0.05, 0) is 31.6 Å². The van der Waals surface area contributed by atoms with Gasteiger partial charge in [0.05, 0.1) is 0 Å². The normalized spacial score (nSPS) is 33.6. The Bertz CT molecular complexity index is 351. The molecule has 2 rings (SSSR count). The van der Waals surface area contributed by atoms with Crippen LogP contribution in [0.15, 0.2) is 4.99 Å². The molecule has 4 heteroatoms. The van der Waals surface area contributed by atoms with Crippen molar-refractivity contribution in [1.29, 1.82) is 0 Å². The molecule has 0 bridgehead atoms. The molecule has 1 fully saturated rings. The van der Waals surface area contributed by atoms with Crippen molar-refractivity contribution in [3.63, 3.8) is 0 Å². The summed E-state index contributed by atoms with van der Waals surface area (Å²) in [7, 11) is 0. The molecule has 96 valence electrons. The highest BCUT2D eigenvalue weighted by atomic mass is 16.2. The fraction of sp³-hybridized carbons (Fsp3) is 0.846. The van der Waals surface area contributed by atoms with Crippen molar-refractivity contribution in [3.8, 4) is 0 Å². The second kappa shape index (κ2) is 4.31. The van der Waals surface area contributed by atoms with Crippen LogP contribution < -0.4 is 5.73 Å². The first-order valence-corrected chi connectivity index (χ1v) is 6.70. The zero-order valence-electron chi connectivity index (χ0n) is 11.1. The Hall–Kier alpha value is -1.06. The van der Waals surface area contributed by atoms with Gasteiger partial charge in [-0.3, -0.25) is 0 Å². The number of rotatable bonds is 2. The van der Waals surface area contributed by atoms with Gasteiger partial charge in [-0.25, -0.2) is 4.79 Å². The molecule has 2 N–H and O–H groups in total. The quantitative estimate of drug-likeness (QED) is 0.801. The largest absolute Gasteiger partial charge is 0.385 e. The van der Waals surface area contributed by atoms with Crippen LogP contribution in [0, 0.1) is 11.8 Å². The number of carbonyl (C=O) groups excluding carboxylic acids is 1. The Labute approximate surface area is 103 Å². The number of nitrogens with zero attached hydrogens (tertiary/aromatic N) is 2. The molecule has 17 heavy (non-hydrogen) atoms. The van der Waals surface area contributed by atoms with E-state index >= 15 is 0 Å². The lowest BCUT2D eigenvalue weighted by Crippen LogP contribution is -2.61. The fourth-order valence-corrected chi connectivity index (χ4v) is 3.71. The summed E-state index contributed by atoms with van der Waals surface area (Å²) in [6.07, 6.45) is 4.51. The van der Waals surface area contributed by atoms with E-state index in [2.05, 4.69) is 18.8 Å². The molecule has 1 heterocycles. The number of nitrogens with two attached hydrogens (primary N) is 1. The SMILES string of the molecule is CCN1C(=O)N=C(N)C12CCCCC2C(C)C. The molecule has 1 aliphatic heterocycles. The Kier molecular flexibility index (Phi) is 3.15. The molecule has 4 nitrogen and oxygen atoms in total. The molecule has 2 aliphatic rings. The minimum atomic E-state index is -0.280. The van der Waals surface area contributed by atoms with Crippen molar-refractivity contribution in [3.05, 3.63) is 0 Å². The number of carbonyl (C=O) groups is 1. The summed E-state index contributed by atoms with van der Waals surface area (Å²) in [6, 6.07) is -0.141. The molecule has 0 aromatic heterocycles. The third kappa shape index (κ3) is 1.65. The lowest BCUT2D eigenvalue weighted by Gasteiger charge is -2.48. The first-order chi connectivity index (χ1) is 8.04. The molecule has 0 radical (unpaired) electrons. The van der Waals surface area contributed by atoms with E-state index in [1.54, 1.807) is 0 Å². The molecule has 0 saturated heterocycles. The summed E-state index contributed by atoms with van der Waals surface area (Å²) < 4.78 is 0. The van der Waals surface area contributed by atoms with Crippen LogP contribution in [0.5, 0.6) is 0 Å². The summed E-state index contributed by atoms with van der Waals surface area (Å²) in [5.41, 5.74) is 5.84. The predicted molar refractivity (Wildman–Crippen MR) is 68.9 cm³/mol. The van der Waals surface area contributed by atoms with Gasteiger partial charge in [-0.2, -0.15) is 4.99 Å². The third-order valence-corrected chi connectivity index (χ3v) is 4.43. The minimum absolute atomic E-state index is 0.141. The van der Waals surface area contributed by atoms with Crippen molar-refractivity contribution in [2.45, 2.75) is 52.0 Å². The average Bonchev–Trinajstić information content (AvgIpc) is 2.51. The molecular formula is C13H23N3O. The van der Waals surface area contributed by atoms with E-state index in [1.807, 2.05) is 11.8 Å². The van der Waals surface area contributed by atoms with Crippen LogP contribution in [-0.2, 0) is 0 Å². The minimum Gasteiger partial charge on any atom is -0.385 e. The molecule has 1 aliphatic carbocycles. The van der Waals surface area contributed by atoms with E-state index in [4.69, 9.17) is 5.73 Å². The van der Waals surface area contributed by atoms with E-state index in [0.29, 0.717) is 24.2 Å². The maximum Gasteiger partial charge on any atom is 0.346 e. The molecule has 0 aromatic rings. The Balaban J connectivity index is 2.42. The lowest BCUT2D eigenvalue weighted by atomic mass is 9.66. The molecule has 1 spiro atoms. The van der Waals surface area contributed by atoms with Crippen molar-refractivity contribution in [2.75, 3.05) is 6.54 Å². The van der Waals surface area contributed by atoms with E-state index in [1.165, 1.54) is 6.42 Å². The van der Waals surface area contributed by atoms with Crippen molar-refractivity contribution in [1.82, 2.24) is 4.90 Å². The maximum absolute atomic E-state index is 11.9. The van der Waals surface area contributed by atoms with Crippen LogP contribution in [0.1, 0.15) is 46.5 Å². The zero-order valence-corrected chi connectivity index (χ0v) is 11.1. The van der Waals surface area contributed by atoms with Crippen LogP contribution in [-0.4, -0.2) is 28.9 Å². The van der Waals surface area contributed by atoms with Gasteiger partial charge in [0, 0.05) is 6.54 Å². The Morgan fingerprint density at radius 3 is 2.82 bits per heavy atom. The lowest BCUT2D eigenvalue weighted by molar-refractivity contribution is 0.0726. The first-order valence-electron chi connectivity index (χ1n) is 6.70. The number of hydrogen-bond acceptors (Lipinski definition) is 2. The van der Waals surface area contributed by atoms with Gasteiger partial charge in [0.1, 0.15) is 11.4 Å². The second-order valence-electron chi connectivity index (χ2n) is 5.54. The first kappa shape index (κ1) is 12.4. The maximum atomic E-state index is 11.9. The van der Waals surface area contributed by atoms with Gasteiger partial charge in [-0.1, -0.05) is 26.7 Å². The van der Waals surface area contributed by atoms with Crippen molar-refractivity contribution >= 4 is 11.9 Å². The van der Waals surface area contributed by atoms with E-state index in [9.17, 15) is 4.79 Å². The predicted octanol–water partition coefficient (Wildman–Crippen LogP) is 2.38. The Morgan fingerprint density at radius 2 is 2.24 bits per heavy atom. The van der Waals surface area contributed by atoms with E-state index in [-0.39, 0.29) is 11.6 Å². The summed E-state index contributed by atoms with van der Waals surface area (Å²) >= 11 is 0. The van der Waals surface area contributed by atoms with Gasteiger partial charge in [0.2, 0.25) is 0 Å². The third-order valence-electron chi connectivity index (χ3n) is 4.43. The number of amidine groups is 1. The second-order valence-corrected chi connectivity index (χ2v) is 5.54. The summed E-state index contributed by atoms with van der Waals surface area (Å²) in [5, 5.41) is 0. The molecule has 1 saturated carbocycles. The van der Waals surface area contributed by atoms with Crippen LogP contribution in [0.2, 0.25) is 0 Å². The zero-order chi connectivity index (χ0) is 12.6. The van der Waals surface area contributed by atoms with Crippen molar-refractivity contribution in [2.24, 2.45) is 22.6 Å². The van der Waals surface area contributed by atoms with Gasteiger partial charge in [-0.15, -0.1) is 0 Å². The van der Waals surface area contributed by atoms with Crippen LogP contribution in [0.4, 0.5) is 4.79 Å². The topological polar surface area (TPSA) is 58.7 Å². The molecule has 2 unspecified atom stereocenters. The number of hydrogen-bond donors (Lipinski definition) is 1. The number of likely N-dealkylation sites (N-methyl/N-ethyl adjacent to an activating group) is 1. The van der Waals surface area contributed by atoms with E-state index < -0.39 is 0 Å². The van der Waals surface area contributed by atoms with Gasteiger partial charge in [0.15, 0.2) is 0 Å².